The number of hydrogen-bond donors (Lipinski definition) is 0. The molecule has 0 atom stereocenters. The van der Waals surface area contributed by atoms with Crippen molar-refractivity contribution in [3.8, 4) is 23.4 Å². The van der Waals surface area contributed by atoms with Crippen molar-refractivity contribution in [3.63, 3.8) is 0 Å². The van der Waals surface area contributed by atoms with Crippen molar-refractivity contribution in [1.82, 2.24) is 19.4 Å². The summed E-state index contributed by atoms with van der Waals surface area (Å²) in [5.74, 6) is 2.77. The molecule has 0 N–H and O–H groups in total. The number of ether oxygens (including phenoxy) is 4. The number of nitriles is 1. The van der Waals surface area contributed by atoms with E-state index in [9.17, 15) is 10.1 Å². The van der Waals surface area contributed by atoms with Crippen LogP contribution in [0.4, 0.5) is 0 Å². The van der Waals surface area contributed by atoms with Crippen molar-refractivity contribution in [3.05, 3.63) is 76.2 Å². The average molecular weight is 568 g/mol. The lowest BCUT2D eigenvalue weighted by Crippen LogP contribution is -2.33. The smallest absolute Gasteiger partial charge is 0.338 e. The minimum absolute atomic E-state index is 0.340. The first-order chi connectivity index (χ1) is 20.5. The number of imidazole rings is 1. The number of fused-ring (bicyclic) bond motifs is 2. The van der Waals surface area contributed by atoms with Crippen LogP contribution in [0.25, 0.3) is 11.0 Å². The van der Waals surface area contributed by atoms with Crippen molar-refractivity contribution in [2.24, 2.45) is 7.05 Å². The highest BCUT2D eigenvalue weighted by molar-refractivity contribution is 5.96. The molecule has 0 unspecified atom stereocenters. The van der Waals surface area contributed by atoms with Crippen LogP contribution in [-0.2, 0) is 31.4 Å². The molecule has 0 aliphatic carbocycles. The van der Waals surface area contributed by atoms with Gasteiger partial charge in [-0.25, -0.2) is 14.8 Å². The first-order valence-electron chi connectivity index (χ1n) is 14.1. The fourth-order valence-corrected chi connectivity index (χ4v) is 5.89. The molecular formula is C32H33N5O5. The zero-order chi connectivity index (χ0) is 29.2. The van der Waals surface area contributed by atoms with Crippen LogP contribution in [0.3, 0.4) is 0 Å². The lowest BCUT2D eigenvalue weighted by atomic mass is 9.93. The summed E-state index contributed by atoms with van der Waals surface area (Å²) in [5, 5.41) is 9.37. The Morgan fingerprint density at radius 3 is 2.74 bits per heavy atom. The zero-order valence-corrected chi connectivity index (χ0v) is 24.1. The van der Waals surface area contributed by atoms with Crippen molar-refractivity contribution in [2.75, 3.05) is 33.9 Å². The van der Waals surface area contributed by atoms with Crippen LogP contribution in [0.5, 0.6) is 17.4 Å². The van der Waals surface area contributed by atoms with E-state index < -0.39 is 5.97 Å². The summed E-state index contributed by atoms with van der Waals surface area (Å²) in [7, 11) is 4.91. The number of aromatic nitrogens is 3. The minimum Gasteiger partial charge on any atom is -0.494 e. The number of carbonyl (C=O) groups excluding carboxylic acids is 1. The standard InChI is InChI=1S/C32H33N5O5/c1-36-26-15-23(32(38)40-3)16-27(39-2)30(26)35-28(36)18-37-12-9-20(10-13-37)25-5-4-6-29(34-25)42-19-22-8-7-21(17-33)24-11-14-41-31(22)24/h4-8,15-16,20H,9-14,18-19H2,1-3H3. The molecule has 1 saturated heterocycles. The van der Waals surface area contributed by atoms with Crippen LogP contribution >= 0.6 is 0 Å². The molecule has 0 spiro atoms. The monoisotopic (exact) mass is 567 g/mol. The Bertz CT molecular complexity index is 1680. The zero-order valence-electron chi connectivity index (χ0n) is 24.1. The SMILES string of the molecule is COC(=O)c1cc(OC)c2nc(CN3CCC(c4cccc(OCc5ccc(C#N)c6c5OCC6)n4)CC3)n(C)c2c1. The summed E-state index contributed by atoms with van der Waals surface area (Å²) in [6.45, 7) is 3.46. The van der Waals surface area contributed by atoms with Gasteiger partial charge in [0.25, 0.3) is 0 Å². The van der Waals surface area contributed by atoms with Gasteiger partial charge in [0.1, 0.15) is 29.4 Å². The largest absolute Gasteiger partial charge is 0.494 e. The van der Waals surface area contributed by atoms with Crippen LogP contribution in [0.2, 0.25) is 0 Å². The number of carbonyl (C=O) groups is 1. The van der Waals surface area contributed by atoms with E-state index in [0.29, 0.717) is 48.4 Å². The molecule has 6 rings (SSSR count). The molecule has 2 aromatic heterocycles. The van der Waals surface area contributed by atoms with Gasteiger partial charge in [0, 0.05) is 42.3 Å². The number of methoxy groups -OCH3 is 2. The fraction of sp³-hybridized carbons (Fsp3) is 0.375. The molecular weight excluding hydrogens is 534 g/mol. The van der Waals surface area contributed by atoms with Gasteiger partial charge in [-0.05, 0) is 50.2 Å². The van der Waals surface area contributed by atoms with E-state index in [1.54, 1.807) is 19.2 Å². The van der Waals surface area contributed by atoms with Crippen LogP contribution < -0.4 is 14.2 Å². The van der Waals surface area contributed by atoms with Crippen LogP contribution in [0, 0.1) is 11.3 Å². The van der Waals surface area contributed by atoms with E-state index >= 15 is 0 Å². The predicted molar refractivity (Wildman–Crippen MR) is 155 cm³/mol. The number of likely N-dealkylation sites (tertiary alicyclic amines) is 1. The topological polar surface area (TPSA) is 112 Å². The summed E-state index contributed by atoms with van der Waals surface area (Å²) in [6.07, 6.45) is 2.71. The van der Waals surface area contributed by atoms with E-state index in [1.807, 2.05) is 35.9 Å². The van der Waals surface area contributed by atoms with Gasteiger partial charge in [0.05, 0.1) is 50.1 Å². The second-order valence-electron chi connectivity index (χ2n) is 10.7. The van der Waals surface area contributed by atoms with E-state index in [0.717, 1.165) is 71.8 Å². The average Bonchev–Trinajstić information content (AvgIpc) is 3.65. The molecule has 2 aliphatic heterocycles. The molecule has 216 valence electrons. The molecule has 10 nitrogen and oxygen atoms in total. The minimum atomic E-state index is -0.408. The third kappa shape index (κ3) is 5.23. The number of pyridine rings is 1. The molecule has 0 amide bonds. The Morgan fingerprint density at radius 1 is 1.14 bits per heavy atom. The highest BCUT2D eigenvalue weighted by atomic mass is 16.5. The molecule has 1 fully saturated rings. The van der Waals surface area contributed by atoms with Gasteiger partial charge < -0.3 is 23.5 Å². The Labute approximate surface area is 244 Å². The van der Waals surface area contributed by atoms with Gasteiger partial charge in [-0.15, -0.1) is 0 Å². The van der Waals surface area contributed by atoms with Crippen molar-refractivity contribution >= 4 is 17.0 Å². The Morgan fingerprint density at radius 2 is 1.98 bits per heavy atom. The van der Waals surface area contributed by atoms with E-state index in [4.69, 9.17) is 28.9 Å². The number of nitrogens with zero attached hydrogens (tertiary/aromatic N) is 5. The quantitative estimate of drug-likeness (QED) is 0.284. The third-order valence-corrected chi connectivity index (χ3v) is 8.24. The number of piperidine rings is 1. The highest BCUT2D eigenvalue weighted by Gasteiger charge is 2.25. The summed E-state index contributed by atoms with van der Waals surface area (Å²) in [5.41, 5.74) is 5.61. The molecule has 4 aromatic rings. The molecule has 0 saturated carbocycles. The predicted octanol–water partition coefficient (Wildman–Crippen LogP) is 4.53. The molecule has 0 radical (unpaired) electrons. The van der Waals surface area contributed by atoms with Crippen LogP contribution in [0.1, 0.15) is 57.3 Å². The number of rotatable bonds is 8. The number of hydrogen-bond acceptors (Lipinski definition) is 9. The molecule has 0 bridgehead atoms. The van der Waals surface area contributed by atoms with Crippen molar-refractivity contribution in [1.29, 1.82) is 5.26 Å². The fourth-order valence-electron chi connectivity index (χ4n) is 5.89. The number of benzene rings is 2. The highest BCUT2D eigenvalue weighted by Crippen LogP contribution is 2.34. The van der Waals surface area contributed by atoms with Gasteiger partial charge in [0.15, 0.2) is 0 Å². The van der Waals surface area contributed by atoms with Crippen LogP contribution in [0.15, 0.2) is 42.5 Å². The lowest BCUT2D eigenvalue weighted by molar-refractivity contribution is 0.0600. The number of aryl methyl sites for hydroxylation is 1. The van der Waals surface area contributed by atoms with Crippen molar-refractivity contribution in [2.45, 2.75) is 38.3 Å². The molecule has 4 heterocycles. The maximum atomic E-state index is 12.1. The Kier molecular flexibility index (Phi) is 7.68. The summed E-state index contributed by atoms with van der Waals surface area (Å²) in [6, 6.07) is 15.4. The van der Waals surface area contributed by atoms with E-state index in [2.05, 4.69) is 17.0 Å². The second-order valence-corrected chi connectivity index (χ2v) is 10.7. The normalized spacial score (nSPS) is 15.2. The van der Waals surface area contributed by atoms with Gasteiger partial charge >= 0.3 is 5.97 Å². The van der Waals surface area contributed by atoms with Crippen molar-refractivity contribution < 1.29 is 23.7 Å². The van der Waals surface area contributed by atoms with Crippen LogP contribution in [-0.4, -0.2) is 59.3 Å². The molecule has 42 heavy (non-hydrogen) atoms. The van der Waals surface area contributed by atoms with Gasteiger partial charge in [-0.1, -0.05) is 12.1 Å². The summed E-state index contributed by atoms with van der Waals surface area (Å²) < 4.78 is 24.3. The third-order valence-electron chi connectivity index (χ3n) is 8.24. The van der Waals surface area contributed by atoms with Gasteiger partial charge in [-0.3, -0.25) is 4.90 Å². The second kappa shape index (κ2) is 11.7. The maximum Gasteiger partial charge on any atom is 0.338 e. The Hall–Kier alpha value is -4.62. The van der Waals surface area contributed by atoms with Gasteiger partial charge in [0.2, 0.25) is 5.88 Å². The van der Waals surface area contributed by atoms with E-state index in [-0.39, 0.29) is 0 Å². The van der Waals surface area contributed by atoms with Gasteiger partial charge in [-0.2, -0.15) is 5.26 Å². The first kappa shape index (κ1) is 27.5. The maximum absolute atomic E-state index is 12.1. The lowest BCUT2D eigenvalue weighted by Gasteiger charge is -2.31. The molecule has 2 aliphatic rings. The Balaban J connectivity index is 1.09. The molecule has 10 heteroatoms. The first-order valence-corrected chi connectivity index (χ1v) is 14.1. The van der Waals surface area contributed by atoms with E-state index in [1.165, 1.54) is 7.11 Å². The number of esters is 1. The molecule has 2 aromatic carbocycles. The summed E-state index contributed by atoms with van der Waals surface area (Å²) >= 11 is 0. The summed E-state index contributed by atoms with van der Waals surface area (Å²) in [4.78, 5) is 24.2.